The maximum atomic E-state index is 13.8. The molecule has 0 saturated carbocycles. The third-order valence-electron chi connectivity index (χ3n) is 4.36. The second-order valence-corrected chi connectivity index (χ2v) is 5.57. The van der Waals surface area contributed by atoms with Gasteiger partial charge in [-0.2, -0.15) is 0 Å². The van der Waals surface area contributed by atoms with Crippen molar-refractivity contribution in [2.45, 2.75) is 33.2 Å². The molecule has 1 fully saturated rings. The predicted octanol–water partition coefficient (Wildman–Crippen LogP) is 3.13. The van der Waals surface area contributed by atoms with Crippen LogP contribution in [0.15, 0.2) is 18.2 Å². The molecule has 1 aliphatic heterocycles. The van der Waals surface area contributed by atoms with Gasteiger partial charge in [0.1, 0.15) is 5.82 Å². The number of nitrogens with one attached hydrogen (secondary N) is 1. The molecule has 2 nitrogen and oxygen atoms in total. The molecule has 0 spiro atoms. The summed E-state index contributed by atoms with van der Waals surface area (Å²) in [6, 6.07) is 5.83. The summed E-state index contributed by atoms with van der Waals surface area (Å²) in [6.45, 7) is 10.5. The first-order valence-electron chi connectivity index (χ1n) is 7.35. The molecule has 19 heavy (non-hydrogen) atoms. The number of halogens is 1. The summed E-state index contributed by atoms with van der Waals surface area (Å²) in [5, 5.41) is 3.39. The largest absolute Gasteiger partial charge is 0.314 e. The van der Waals surface area contributed by atoms with Gasteiger partial charge in [-0.1, -0.05) is 32.4 Å². The van der Waals surface area contributed by atoms with E-state index >= 15 is 0 Å². The first kappa shape index (κ1) is 14.5. The second kappa shape index (κ2) is 6.49. The van der Waals surface area contributed by atoms with Crippen LogP contribution in [0.2, 0.25) is 0 Å². The molecule has 1 heterocycles. The molecular weight excluding hydrogens is 239 g/mol. The molecular formula is C16H25FN2. The van der Waals surface area contributed by atoms with Gasteiger partial charge in [-0.25, -0.2) is 4.39 Å². The lowest BCUT2D eigenvalue weighted by Gasteiger charge is -2.39. The van der Waals surface area contributed by atoms with Crippen LogP contribution in [0.5, 0.6) is 0 Å². The molecule has 2 rings (SSSR count). The maximum Gasteiger partial charge on any atom is 0.126 e. The predicted molar refractivity (Wildman–Crippen MR) is 77.8 cm³/mol. The molecule has 2 atom stereocenters. The van der Waals surface area contributed by atoms with E-state index in [0.29, 0.717) is 12.0 Å². The fourth-order valence-corrected chi connectivity index (χ4v) is 2.99. The topological polar surface area (TPSA) is 15.3 Å². The standard InChI is InChI=1S/C16H25FN2/c1-4-12(2)16(19-10-8-18-9-11-19)14-6-5-7-15(17)13(14)3/h5-7,12,16,18H,4,8-11H2,1-3H3/t12?,16-/m1/s1. The van der Waals surface area contributed by atoms with E-state index in [-0.39, 0.29) is 5.82 Å². The van der Waals surface area contributed by atoms with Crippen molar-refractivity contribution in [3.63, 3.8) is 0 Å². The minimum atomic E-state index is -0.0825. The van der Waals surface area contributed by atoms with Gasteiger partial charge in [0.2, 0.25) is 0 Å². The van der Waals surface area contributed by atoms with E-state index in [4.69, 9.17) is 0 Å². The summed E-state index contributed by atoms with van der Waals surface area (Å²) in [4.78, 5) is 2.51. The van der Waals surface area contributed by atoms with Crippen molar-refractivity contribution >= 4 is 0 Å². The van der Waals surface area contributed by atoms with E-state index in [9.17, 15) is 4.39 Å². The first-order chi connectivity index (χ1) is 9.15. The van der Waals surface area contributed by atoms with E-state index in [1.807, 2.05) is 13.0 Å². The zero-order chi connectivity index (χ0) is 13.8. The number of benzene rings is 1. The monoisotopic (exact) mass is 264 g/mol. The minimum absolute atomic E-state index is 0.0825. The van der Waals surface area contributed by atoms with Crippen LogP contribution in [-0.2, 0) is 0 Å². The molecule has 3 heteroatoms. The molecule has 1 aromatic carbocycles. The van der Waals surface area contributed by atoms with Crippen molar-refractivity contribution < 1.29 is 4.39 Å². The van der Waals surface area contributed by atoms with Crippen molar-refractivity contribution in [1.82, 2.24) is 10.2 Å². The van der Waals surface area contributed by atoms with Gasteiger partial charge in [-0.15, -0.1) is 0 Å². The lowest BCUT2D eigenvalue weighted by Crippen LogP contribution is -2.46. The lowest BCUT2D eigenvalue weighted by atomic mass is 9.88. The van der Waals surface area contributed by atoms with Crippen LogP contribution < -0.4 is 5.32 Å². The zero-order valence-corrected chi connectivity index (χ0v) is 12.2. The molecule has 0 amide bonds. The Labute approximate surface area is 116 Å². The molecule has 0 aromatic heterocycles. The number of hydrogen-bond donors (Lipinski definition) is 1. The van der Waals surface area contributed by atoms with Crippen LogP contribution in [-0.4, -0.2) is 31.1 Å². The zero-order valence-electron chi connectivity index (χ0n) is 12.2. The highest BCUT2D eigenvalue weighted by molar-refractivity contribution is 5.30. The van der Waals surface area contributed by atoms with Crippen molar-refractivity contribution in [2.75, 3.05) is 26.2 Å². The fourth-order valence-electron chi connectivity index (χ4n) is 2.99. The highest BCUT2D eigenvalue weighted by Gasteiger charge is 2.28. The lowest BCUT2D eigenvalue weighted by molar-refractivity contribution is 0.128. The van der Waals surface area contributed by atoms with Crippen molar-refractivity contribution in [1.29, 1.82) is 0 Å². The van der Waals surface area contributed by atoms with Crippen LogP contribution >= 0.6 is 0 Å². The Morgan fingerprint density at radius 2 is 2.00 bits per heavy atom. The Balaban J connectivity index is 2.33. The van der Waals surface area contributed by atoms with Gasteiger partial charge in [0.05, 0.1) is 0 Å². The van der Waals surface area contributed by atoms with Gasteiger partial charge in [0, 0.05) is 32.2 Å². The van der Waals surface area contributed by atoms with Crippen molar-refractivity contribution in [3.05, 3.63) is 35.1 Å². The van der Waals surface area contributed by atoms with Gasteiger partial charge in [0.25, 0.3) is 0 Å². The minimum Gasteiger partial charge on any atom is -0.314 e. The molecule has 1 saturated heterocycles. The van der Waals surface area contributed by atoms with Crippen molar-refractivity contribution in [3.8, 4) is 0 Å². The van der Waals surface area contributed by atoms with E-state index in [0.717, 1.165) is 43.7 Å². The summed E-state index contributed by atoms with van der Waals surface area (Å²) in [7, 11) is 0. The van der Waals surface area contributed by atoms with E-state index < -0.39 is 0 Å². The third kappa shape index (κ3) is 3.15. The molecule has 106 valence electrons. The number of hydrogen-bond acceptors (Lipinski definition) is 2. The van der Waals surface area contributed by atoms with Gasteiger partial charge < -0.3 is 5.32 Å². The van der Waals surface area contributed by atoms with Crippen LogP contribution in [0.1, 0.15) is 37.4 Å². The summed E-state index contributed by atoms with van der Waals surface area (Å²) in [5.74, 6) is 0.458. The van der Waals surface area contributed by atoms with Gasteiger partial charge in [0.15, 0.2) is 0 Å². The normalized spacial score (nSPS) is 20.2. The average molecular weight is 264 g/mol. The van der Waals surface area contributed by atoms with Gasteiger partial charge >= 0.3 is 0 Å². The SMILES string of the molecule is CCC(C)[C@H](c1cccc(F)c1C)N1CCNCC1. The smallest absolute Gasteiger partial charge is 0.126 e. The number of rotatable bonds is 4. The Kier molecular flexibility index (Phi) is 4.94. The fraction of sp³-hybridized carbons (Fsp3) is 0.625. The van der Waals surface area contributed by atoms with E-state index in [2.05, 4.69) is 30.1 Å². The van der Waals surface area contributed by atoms with E-state index in [1.165, 1.54) is 0 Å². The molecule has 1 N–H and O–H groups in total. The maximum absolute atomic E-state index is 13.8. The molecule has 1 aliphatic rings. The number of nitrogens with zero attached hydrogens (tertiary/aromatic N) is 1. The Bertz CT molecular complexity index is 413. The summed E-state index contributed by atoms with van der Waals surface area (Å²) in [5.41, 5.74) is 1.97. The van der Waals surface area contributed by atoms with Gasteiger partial charge in [-0.05, 0) is 30.0 Å². The Morgan fingerprint density at radius 3 is 2.63 bits per heavy atom. The molecule has 0 bridgehead atoms. The third-order valence-corrected chi connectivity index (χ3v) is 4.36. The molecule has 0 radical (unpaired) electrons. The second-order valence-electron chi connectivity index (χ2n) is 5.57. The number of piperazine rings is 1. The van der Waals surface area contributed by atoms with Crippen LogP contribution in [0.3, 0.4) is 0 Å². The summed E-state index contributed by atoms with van der Waals surface area (Å²) < 4.78 is 13.8. The summed E-state index contributed by atoms with van der Waals surface area (Å²) in [6.07, 6.45) is 1.12. The van der Waals surface area contributed by atoms with E-state index in [1.54, 1.807) is 6.07 Å². The van der Waals surface area contributed by atoms with Crippen LogP contribution in [0, 0.1) is 18.7 Å². The van der Waals surface area contributed by atoms with Gasteiger partial charge in [-0.3, -0.25) is 4.90 Å². The Morgan fingerprint density at radius 1 is 1.32 bits per heavy atom. The molecule has 1 aromatic rings. The average Bonchev–Trinajstić information content (AvgIpc) is 2.44. The summed E-state index contributed by atoms with van der Waals surface area (Å²) >= 11 is 0. The highest BCUT2D eigenvalue weighted by Crippen LogP contribution is 2.33. The first-order valence-corrected chi connectivity index (χ1v) is 7.35. The highest BCUT2D eigenvalue weighted by atomic mass is 19.1. The van der Waals surface area contributed by atoms with Crippen LogP contribution in [0.4, 0.5) is 4.39 Å². The van der Waals surface area contributed by atoms with Crippen molar-refractivity contribution in [2.24, 2.45) is 5.92 Å². The quantitative estimate of drug-likeness (QED) is 0.899. The molecule has 1 unspecified atom stereocenters. The molecule has 0 aliphatic carbocycles. The van der Waals surface area contributed by atoms with Crippen LogP contribution in [0.25, 0.3) is 0 Å². The Hall–Kier alpha value is -0.930.